The van der Waals surface area contributed by atoms with Crippen LogP contribution in [0.15, 0.2) is 24.5 Å². The van der Waals surface area contributed by atoms with Crippen LogP contribution in [0.1, 0.15) is 29.4 Å². The first kappa shape index (κ1) is 17.6. The van der Waals surface area contributed by atoms with Crippen LogP contribution in [-0.4, -0.2) is 48.4 Å². The van der Waals surface area contributed by atoms with Crippen LogP contribution in [0, 0.1) is 6.92 Å². The van der Waals surface area contributed by atoms with Crippen molar-refractivity contribution in [1.82, 2.24) is 15.0 Å². The Bertz CT molecular complexity index is 689. The van der Waals surface area contributed by atoms with E-state index in [0.717, 1.165) is 55.5 Å². The summed E-state index contributed by atoms with van der Waals surface area (Å²) >= 11 is 0. The fourth-order valence-electron chi connectivity index (χ4n) is 2.84. The number of hydrogen-bond donors (Lipinski definition) is 2. The number of rotatable bonds is 8. The minimum absolute atomic E-state index is 0.344. The highest BCUT2D eigenvalue weighted by Crippen LogP contribution is 2.25. The number of aryl methyl sites for hydroxylation is 1. The molecule has 3 heterocycles. The van der Waals surface area contributed by atoms with Crippen molar-refractivity contribution < 1.29 is 9.47 Å². The van der Waals surface area contributed by atoms with E-state index in [1.807, 2.05) is 25.3 Å². The Balaban J connectivity index is 1.59. The Morgan fingerprint density at radius 1 is 1.28 bits per heavy atom. The number of hydrogen-bond acceptors (Lipinski definition) is 7. The summed E-state index contributed by atoms with van der Waals surface area (Å²) in [7, 11) is 1.66. The molecule has 2 aromatic rings. The Morgan fingerprint density at radius 3 is 2.92 bits per heavy atom. The van der Waals surface area contributed by atoms with Gasteiger partial charge in [0, 0.05) is 56.9 Å². The van der Waals surface area contributed by atoms with Gasteiger partial charge in [0.25, 0.3) is 0 Å². The van der Waals surface area contributed by atoms with Crippen LogP contribution in [0.2, 0.25) is 0 Å². The molecule has 7 heteroatoms. The van der Waals surface area contributed by atoms with Gasteiger partial charge < -0.3 is 20.1 Å². The molecule has 1 aliphatic rings. The van der Waals surface area contributed by atoms with Crippen LogP contribution in [0.5, 0.6) is 0 Å². The van der Waals surface area contributed by atoms with Gasteiger partial charge in [-0.15, -0.1) is 0 Å². The minimum atomic E-state index is 0.344. The lowest BCUT2D eigenvalue weighted by Crippen LogP contribution is -2.16. The number of pyridine rings is 1. The second-order valence-electron chi connectivity index (χ2n) is 6.13. The van der Waals surface area contributed by atoms with Crippen molar-refractivity contribution in [2.24, 2.45) is 0 Å². The van der Waals surface area contributed by atoms with E-state index in [1.54, 1.807) is 13.3 Å². The second-order valence-corrected chi connectivity index (χ2v) is 6.13. The fourth-order valence-corrected chi connectivity index (χ4v) is 2.84. The van der Waals surface area contributed by atoms with Crippen molar-refractivity contribution in [1.29, 1.82) is 0 Å². The van der Waals surface area contributed by atoms with E-state index in [2.05, 4.69) is 25.6 Å². The maximum Gasteiger partial charge on any atom is 0.156 e. The van der Waals surface area contributed by atoms with E-state index in [-0.39, 0.29) is 0 Å². The molecule has 3 rings (SSSR count). The summed E-state index contributed by atoms with van der Waals surface area (Å²) in [6, 6.07) is 4.01. The van der Waals surface area contributed by atoms with E-state index in [0.29, 0.717) is 18.3 Å². The van der Waals surface area contributed by atoms with Crippen molar-refractivity contribution in [2.75, 3.05) is 44.0 Å². The first-order valence-electron chi connectivity index (χ1n) is 8.59. The smallest absolute Gasteiger partial charge is 0.156 e. The average Bonchev–Trinajstić information content (AvgIpc) is 3.15. The van der Waals surface area contributed by atoms with E-state index < -0.39 is 0 Å². The largest absolute Gasteiger partial charge is 0.383 e. The summed E-state index contributed by atoms with van der Waals surface area (Å²) in [5, 5.41) is 6.77. The molecule has 25 heavy (non-hydrogen) atoms. The van der Waals surface area contributed by atoms with Gasteiger partial charge in [0.2, 0.25) is 0 Å². The van der Waals surface area contributed by atoms with Gasteiger partial charge in [0.1, 0.15) is 12.4 Å². The van der Waals surface area contributed by atoms with Gasteiger partial charge in [0.15, 0.2) is 5.82 Å². The predicted octanol–water partition coefficient (Wildman–Crippen LogP) is 2.35. The number of aromatic nitrogens is 3. The molecular weight excluding hydrogens is 318 g/mol. The molecule has 2 aromatic heterocycles. The lowest BCUT2D eigenvalue weighted by Gasteiger charge is -2.13. The van der Waals surface area contributed by atoms with Crippen LogP contribution >= 0.6 is 0 Å². The predicted molar refractivity (Wildman–Crippen MR) is 96.9 cm³/mol. The van der Waals surface area contributed by atoms with Gasteiger partial charge in [0.05, 0.1) is 12.3 Å². The van der Waals surface area contributed by atoms with E-state index in [4.69, 9.17) is 9.47 Å². The van der Waals surface area contributed by atoms with Crippen molar-refractivity contribution in [2.45, 2.75) is 25.9 Å². The highest BCUT2D eigenvalue weighted by Gasteiger charge is 2.20. The molecule has 0 bridgehead atoms. The third-order valence-corrected chi connectivity index (χ3v) is 4.18. The lowest BCUT2D eigenvalue weighted by atomic mass is 10.0. The molecule has 0 radical (unpaired) electrons. The summed E-state index contributed by atoms with van der Waals surface area (Å²) < 4.78 is 10.7. The zero-order valence-corrected chi connectivity index (χ0v) is 14.8. The van der Waals surface area contributed by atoms with Crippen LogP contribution < -0.4 is 10.6 Å². The number of methoxy groups -OCH3 is 1. The summed E-state index contributed by atoms with van der Waals surface area (Å²) in [4.78, 5) is 13.2. The Kier molecular flexibility index (Phi) is 6.14. The van der Waals surface area contributed by atoms with Gasteiger partial charge in [-0.3, -0.25) is 4.98 Å². The van der Waals surface area contributed by atoms with Crippen molar-refractivity contribution in [3.05, 3.63) is 41.6 Å². The normalized spacial score (nSPS) is 16.8. The molecule has 0 aromatic carbocycles. The fraction of sp³-hybridized carbons (Fsp3) is 0.500. The molecule has 1 aliphatic heterocycles. The molecule has 0 aliphatic carbocycles. The first-order chi connectivity index (χ1) is 12.3. The van der Waals surface area contributed by atoms with Gasteiger partial charge >= 0.3 is 0 Å². The zero-order valence-electron chi connectivity index (χ0n) is 14.8. The molecular formula is C18H25N5O2. The third kappa shape index (κ3) is 4.87. The van der Waals surface area contributed by atoms with Crippen LogP contribution in [0.3, 0.4) is 0 Å². The zero-order chi connectivity index (χ0) is 17.5. The molecule has 0 spiro atoms. The number of ether oxygens (including phenoxy) is 2. The van der Waals surface area contributed by atoms with Crippen molar-refractivity contribution >= 4 is 11.5 Å². The Morgan fingerprint density at radius 2 is 2.16 bits per heavy atom. The maximum atomic E-state index is 5.48. The summed E-state index contributed by atoms with van der Waals surface area (Å²) in [5.41, 5.74) is 3.26. The monoisotopic (exact) mass is 343 g/mol. The molecule has 7 nitrogen and oxygen atoms in total. The second kappa shape index (κ2) is 8.73. The van der Waals surface area contributed by atoms with Crippen LogP contribution in [-0.2, 0) is 16.1 Å². The summed E-state index contributed by atoms with van der Waals surface area (Å²) in [5.74, 6) is 1.88. The van der Waals surface area contributed by atoms with E-state index in [9.17, 15) is 0 Å². The highest BCUT2D eigenvalue weighted by atomic mass is 16.5. The molecule has 1 atom stereocenters. The quantitative estimate of drug-likeness (QED) is 0.712. The van der Waals surface area contributed by atoms with Gasteiger partial charge in [-0.1, -0.05) is 0 Å². The lowest BCUT2D eigenvalue weighted by molar-refractivity contribution is 0.177. The highest BCUT2D eigenvalue weighted by molar-refractivity contribution is 5.48. The molecule has 1 saturated heterocycles. The van der Waals surface area contributed by atoms with Gasteiger partial charge in [-0.2, -0.15) is 0 Å². The number of nitrogens with zero attached hydrogens (tertiary/aromatic N) is 3. The van der Waals surface area contributed by atoms with E-state index in [1.165, 1.54) is 0 Å². The molecule has 2 N–H and O–H groups in total. The summed E-state index contributed by atoms with van der Waals surface area (Å²) in [6.45, 7) is 5.52. The van der Waals surface area contributed by atoms with E-state index >= 15 is 0 Å². The SMILES string of the molecule is COCc1nc(NCCNc2ccncc2C)cc([C@@H]2CCOC2)n1. The van der Waals surface area contributed by atoms with Gasteiger partial charge in [-0.25, -0.2) is 9.97 Å². The maximum absolute atomic E-state index is 5.48. The summed E-state index contributed by atoms with van der Waals surface area (Å²) in [6.07, 6.45) is 4.65. The number of anilines is 2. The first-order valence-corrected chi connectivity index (χ1v) is 8.59. The molecule has 0 saturated carbocycles. The van der Waals surface area contributed by atoms with Crippen molar-refractivity contribution in [3.63, 3.8) is 0 Å². The molecule has 1 fully saturated rings. The topological polar surface area (TPSA) is 81.2 Å². The van der Waals surface area contributed by atoms with Crippen LogP contribution in [0.4, 0.5) is 11.5 Å². The molecule has 0 unspecified atom stereocenters. The standard InChI is InChI=1S/C18H25N5O2/c1-13-10-19-5-3-15(13)20-6-7-21-17-9-16(14-4-8-25-11-14)22-18(23-17)12-24-2/h3,5,9-10,14H,4,6-8,11-12H2,1-2H3,(H,19,20)(H,21,22,23)/t14-/m1/s1. The van der Waals surface area contributed by atoms with Gasteiger partial charge in [-0.05, 0) is 25.0 Å². The van der Waals surface area contributed by atoms with Crippen LogP contribution in [0.25, 0.3) is 0 Å². The molecule has 0 amide bonds. The third-order valence-electron chi connectivity index (χ3n) is 4.18. The Labute approximate surface area is 148 Å². The Hall–Kier alpha value is -2.25. The average molecular weight is 343 g/mol. The van der Waals surface area contributed by atoms with Crippen molar-refractivity contribution in [3.8, 4) is 0 Å². The minimum Gasteiger partial charge on any atom is -0.383 e. The number of nitrogens with one attached hydrogen (secondary N) is 2. The molecule has 134 valence electrons.